The normalized spacial score (nSPS) is 12.8. The molecule has 21 heavy (non-hydrogen) atoms. The summed E-state index contributed by atoms with van der Waals surface area (Å²) in [6.45, 7) is 7.37. The van der Waals surface area contributed by atoms with Crippen LogP contribution in [-0.4, -0.2) is 27.6 Å². The monoisotopic (exact) mass is 313 g/mol. The summed E-state index contributed by atoms with van der Waals surface area (Å²) in [5, 5.41) is 15.4. The summed E-state index contributed by atoms with van der Waals surface area (Å²) in [6.07, 6.45) is 3.37. The molecule has 0 saturated heterocycles. The van der Waals surface area contributed by atoms with E-state index < -0.39 is 17.5 Å². The molecule has 6 nitrogen and oxygen atoms in total. The maximum Gasteiger partial charge on any atom is 0.329 e. The average molecular weight is 313 g/mol. The van der Waals surface area contributed by atoms with Gasteiger partial charge in [0.2, 0.25) is 0 Å². The predicted octanol–water partition coefficient (Wildman–Crippen LogP) is 2.71. The van der Waals surface area contributed by atoms with Crippen molar-refractivity contribution in [1.82, 2.24) is 15.6 Å². The lowest BCUT2D eigenvalue weighted by Crippen LogP contribution is -2.56. The standard InChI is InChI=1S/C14H23N3O3S/c1-5-10-8-15-11(21-10)9(4)16-13(20)17-14(6-2,7-3)12(18)19/h8-9H,5-7H2,1-4H3,(H,18,19)(H2,16,17,20). The van der Waals surface area contributed by atoms with Crippen molar-refractivity contribution in [3.63, 3.8) is 0 Å². The van der Waals surface area contributed by atoms with Crippen LogP contribution >= 0.6 is 11.3 Å². The zero-order valence-corrected chi connectivity index (χ0v) is 13.7. The van der Waals surface area contributed by atoms with Crippen LogP contribution in [0.4, 0.5) is 4.79 Å². The summed E-state index contributed by atoms with van der Waals surface area (Å²) in [7, 11) is 0. The summed E-state index contributed by atoms with van der Waals surface area (Å²) < 4.78 is 0. The Hall–Kier alpha value is -1.63. The van der Waals surface area contributed by atoms with Crippen LogP contribution in [0.25, 0.3) is 0 Å². The summed E-state index contributed by atoms with van der Waals surface area (Å²) in [4.78, 5) is 28.8. The first-order valence-corrected chi connectivity index (χ1v) is 7.96. The highest BCUT2D eigenvalue weighted by atomic mass is 32.1. The molecule has 0 spiro atoms. The molecule has 1 aromatic heterocycles. The number of hydrogen-bond donors (Lipinski definition) is 3. The Kier molecular flexibility index (Phi) is 6.14. The van der Waals surface area contributed by atoms with Gasteiger partial charge in [0.05, 0.1) is 6.04 Å². The lowest BCUT2D eigenvalue weighted by atomic mass is 9.93. The molecule has 0 aliphatic rings. The number of carbonyl (C=O) groups is 2. The number of nitrogens with one attached hydrogen (secondary N) is 2. The molecular weight excluding hydrogens is 290 g/mol. The van der Waals surface area contributed by atoms with Gasteiger partial charge in [0.15, 0.2) is 0 Å². The topological polar surface area (TPSA) is 91.3 Å². The van der Waals surface area contributed by atoms with Crippen molar-refractivity contribution < 1.29 is 14.7 Å². The van der Waals surface area contributed by atoms with Crippen LogP contribution in [0.2, 0.25) is 0 Å². The number of hydrogen-bond acceptors (Lipinski definition) is 4. The van der Waals surface area contributed by atoms with E-state index in [9.17, 15) is 14.7 Å². The maximum atomic E-state index is 12.0. The van der Waals surface area contributed by atoms with E-state index in [1.165, 1.54) is 0 Å². The third-order valence-corrected chi connectivity index (χ3v) is 4.93. The van der Waals surface area contributed by atoms with Gasteiger partial charge in [-0.1, -0.05) is 20.8 Å². The van der Waals surface area contributed by atoms with Crippen LogP contribution in [0, 0.1) is 0 Å². The minimum absolute atomic E-state index is 0.254. The Morgan fingerprint density at radius 1 is 1.38 bits per heavy atom. The molecule has 1 aromatic rings. The quantitative estimate of drug-likeness (QED) is 0.722. The largest absolute Gasteiger partial charge is 0.480 e. The van der Waals surface area contributed by atoms with Crippen LogP contribution < -0.4 is 10.6 Å². The van der Waals surface area contributed by atoms with Gasteiger partial charge in [-0.2, -0.15) is 0 Å². The smallest absolute Gasteiger partial charge is 0.329 e. The van der Waals surface area contributed by atoms with E-state index in [-0.39, 0.29) is 6.04 Å². The first-order chi connectivity index (χ1) is 9.88. The van der Waals surface area contributed by atoms with E-state index in [1.54, 1.807) is 31.4 Å². The molecule has 118 valence electrons. The molecule has 0 aliphatic heterocycles. The van der Waals surface area contributed by atoms with Gasteiger partial charge in [-0.05, 0) is 26.2 Å². The number of aliphatic carboxylic acids is 1. The van der Waals surface area contributed by atoms with E-state index in [0.29, 0.717) is 12.8 Å². The number of nitrogens with zero attached hydrogens (tertiary/aromatic N) is 1. The lowest BCUT2D eigenvalue weighted by molar-refractivity contribution is -0.144. The summed E-state index contributed by atoms with van der Waals surface area (Å²) in [5.74, 6) is -1.02. The first kappa shape index (κ1) is 17.4. The third kappa shape index (κ3) is 4.17. The number of carboxylic acids is 1. The van der Waals surface area contributed by atoms with E-state index in [0.717, 1.165) is 16.3 Å². The number of carbonyl (C=O) groups excluding carboxylic acids is 1. The minimum atomic E-state index is -1.22. The summed E-state index contributed by atoms with van der Waals surface area (Å²) in [5.41, 5.74) is -1.22. The molecule has 3 N–H and O–H groups in total. The molecule has 0 aliphatic carbocycles. The van der Waals surface area contributed by atoms with Gasteiger partial charge in [0, 0.05) is 11.1 Å². The minimum Gasteiger partial charge on any atom is -0.480 e. The van der Waals surface area contributed by atoms with Gasteiger partial charge < -0.3 is 15.7 Å². The molecule has 0 aromatic carbocycles. The maximum absolute atomic E-state index is 12.0. The molecule has 7 heteroatoms. The van der Waals surface area contributed by atoms with Crippen molar-refractivity contribution in [2.75, 3.05) is 0 Å². The van der Waals surface area contributed by atoms with E-state index in [4.69, 9.17) is 0 Å². The number of rotatable bonds is 7. The van der Waals surface area contributed by atoms with Gasteiger partial charge in [0.25, 0.3) is 0 Å². The second-order valence-electron chi connectivity index (χ2n) is 4.93. The summed E-state index contributed by atoms with van der Waals surface area (Å²) >= 11 is 1.55. The molecule has 1 heterocycles. The Morgan fingerprint density at radius 2 is 2.00 bits per heavy atom. The fraction of sp³-hybridized carbons (Fsp3) is 0.643. The number of amides is 2. The SMILES string of the molecule is CCc1cnc(C(C)NC(=O)NC(CC)(CC)C(=O)O)s1. The molecule has 2 amide bonds. The Bertz CT molecular complexity index is 497. The van der Waals surface area contributed by atoms with Gasteiger partial charge in [-0.25, -0.2) is 14.6 Å². The predicted molar refractivity (Wildman–Crippen MR) is 82.5 cm³/mol. The number of carboxylic acid groups (broad SMARTS) is 1. The Morgan fingerprint density at radius 3 is 2.43 bits per heavy atom. The van der Waals surface area contributed by atoms with E-state index in [1.807, 2.05) is 13.8 Å². The van der Waals surface area contributed by atoms with Crippen molar-refractivity contribution >= 4 is 23.3 Å². The zero-order chi connectivity index (χ0) is 16.0. The van der Waals surface area contributed by atoms with Crippen LogP contribution in [-0.2, 0) is 11.2 Å². The van der Waals surface area contributed by atoms with Crippen molar-refractivity contribution in [2.24, 2.45) is 0 Å². The fourth-order valence-corrected chi connectivity index (χ4v) is 2.84. The summed E-state index contributed by atoms with van der Waals surface area (Å²) in [6, 6.07) is -0.739. The average Bonchev–Trinajstić information content (AvgIpc) is 2.93. The molecule has 1 atom stereocenters. The van der Waals surface area contributed by atoms with Crippen LogP contribution in [0.3, 0.4) is 0 Å². The number of aromatic nitrogens is 1. The fourth-order valence-electron chi connectivity index (χ4n) is 1.98. The number of urea groups is 1. The highest BCUT2D eigenvalue weighted by molar-refractivity contribution is 7.11. The first-order valence-electron chi connectivity index (χ1n) is 7.15. The molecule has 0 bridgehead atoms. The van der Waals surface area contributed by atoms with Gasteiger partial charge in [-0.15, -0.1) is 11.3 Å². The van der Waals surface area contributed by atoms with Crippen molar-refractivity contribution in [2.45, 2.75) is 58.5 Å². The van der Waals surface area contributed by atoms with Crippen molar-refractivity contribution in [1.29, 1.82) is 0 Å². The zero-order valence-electron chi connectivity index (χ0n) is 12.9. The highest BCUT2D eigenvalue weighted by Crippen LogP contribution is 2.21. The van der Waals surface area contributed by atoms with Crippen LogP contribution in [0.5, 0.6) is 0 Å². The highest BCUT2D eigenvalue weighted by Gasteiger charge is 2.36. The van der Waals surface area contributed by atoms with Gasteiger partial charge >= 0.3 is 12.0 Å². The molecule has 0 fully saturated rings. The Labute approximate surface area is 129 Å². The van der Waals surface area contributed by atoms with Crippen molar-refractivity contribution in [3.8, 4) is 0 Å². The van der Waals surface area contributed by atoms with Gasteiger partial charge in [0.1, 0.15) is 10.5 Å². The molecule has 0 saturated carbocycles. The van der Waals surface area contributed by atoms with E-state index >= 15 is 0 Å². The number of aryl methyl sites for hydroxylation is 1. The van der Waals surface area contributed by atoms with E-state index in [2.05, 4.69) is 15.6 Å². The third-order valence-electron chi connectivity index (χ3n) is 3.61. The molecule has 0 radical (unpaired) electrons. The molecule has 1 unspecified atom stereocenters. The van der Waals surface area contributed by atoms with Crippen LogP contribution in [0.1, 0.15) is 56.5 Å². The van der Waals surface area contributed by atoms with Crippen LogP contribution in [0.15, 0.2) is 6.20 Å². The van der Waals surface area contributed by atoms with Gasteiger partial charge in [-0.3, -0.25) is 0 Å². The second kappa shape index (κ2) is 7.40. The lowest BCUT2D eigenvalue weighted by Gasteiger charge is -2.28. The molecular formula is C14H23N3O3S. The second-order valence-corrected chi connectivity index (χ2v) is 6.08. The number of thiazole rings is 1. The Balaban J connectivity index is 2.69. The molecule has 1 rings (SSSR count). The van der Waals surface area contributed by atoms with Crippen molar-refractivity contribution in [3.05, 3.63) is 16.1 Å².